The van der Waals surface area contributed by atoms with Crippen molar-refractivity contribution in [3.05, 3.63) is 95.5 Å². The molecule has 1 N–H and O–H groups in total. The molecule has 1 amide bonds. The molecule has 0 radical (unpaired) electrons. The smallest absolute Gasteiger partial charge is 0.277 e. The van der Waals surface area contributed by atoms with E-state index >= 15 is 0 Å². The largest absolute Gasteiger partial charge is 0.484 e. The average molecular weight is 391 g/mol. The van der Waals surface area contributed by atoms with Crippen LogP contribution in [0.4, 0.5) is 0 Å². The quantitative estimate of drug-likeness (QED) is 0.445. The Morgan fingerprint density at radius 1 is 0.929 bits per heavy atom. The van der Waals surface area contributed by atoms with Crippen molar-refractivity contribution >= 4 is 29.8 Å². The van der Waals surface area contributed by atoms with Crippen molar-refractivity contribution in [3.8, 4) is 16.9 Å². The standard InChI is InChI=1S/C23H19ClN2O2/c24-22-11-5-4-9-20(22)10-6-16-25-26-23(27)17-28-21-14-12-19(13-15-21)18-7-2-1-3-8-18/h1-16H,17H2,(H,26,27)/b10-6+,25-16+. The predicted octanol–water partition coefficient (Wildman–Crippen LogP) is 5.20. The Morgan fingerprint density at radius 3 is 2.36 bits per heavy atom. The van der Waals surface area contributed by atoms with Gasteiger partial charge < -0.3 is 4.74 Å². The van der Waals surface area contributed by atoms with E-state index in [1.807, 2.05) is 84.9 Å². The molecule has 0 aromatic heterocycles. The minimum absolute atomic E-state index is 0.115. The predicted molar refractivity (Wildman–Crippen MR) is 114 cm³/mol. The van der Waals surface area contributed by atoms with Crippen molar-refractivity contribution in [1.29, 1.82) is 0 Å². The molecule has 0 saturated carbocycles. The summed E-state index contributed by atoms with van der Waals surface area (Å²) in [4.78, 5) is 11.8. The first kappa shape index (κ1) is 19.4. The summed E-state index contributed by atoms with van der Waals surface area (Å²) < 4.78 is 5.48. The summed E-state index contributed by atoms with van der Waals surface area (Å²) in [5.41, 5.74) is 5.51. The van der Waals surface area contributed by atoms with Crippen LogP contribution in [0, 0.1) is 0 Å². The van der Waals surface area contributed by atoms with Crippen LogP contribution >= 0.6 is 11.6 Å². The molecule has 0 aliphatic rings. The maximum absolute atomic E-state index is 11.8. The van der Waals surface area contributed by atoms with E-state index in [0.717, 1.165) is 16.7 Å². The molecule has 4 nitrogen and oxygen atoms in total. The molecule has 0 aliphatic heterocycles. The number of hydrogen-bond donors (Lipinski definition) is 1. The molecule has 0 bridgehead atoms. The number of allylic oxidation sites excluding steroid dienone is 1. The first-order valence-corrected chi connectivity index (χ1v) is 9.11. The highest BCUT2D eigenvalue weighted by Gasteiger charge is 2.02. The number of hydrazone groups is 1. The van der Waals surface area contributed by atoms with Gasteiger partial charge in [0, 0.05) is 11.2 Å². The first-order chi connectivity index (χ1) is 13.7. The van der Waals surface area contributed by atoms with Crippen LogP contribution in [0.2, 0.25) is 5.02 Å². The third kappa shape index (κ3) is 5.83. The first-order valence-electron chi connectivity index (χ1n) is 8.74. The second-order valence-corrected chi connectivity index (χ2v) is 6.28. The van der Waals surface area contributed by atoms with Crippen LogP contribution in [-0.2, 0) is 4.79 Å². The van der Waals surface area contributed by atoms with Gasteiger partial charge in [-0.3, -0.25) is 4.79 Å². The summed E-state index contributed by atoms with van der Waals surface area (Å²) in [6.07, 6.45) is 4.99. The Hall–Kier alpha value is -3.37. The van der Waals surface area contributed by atoms with E-state index in [1.165, 1.54) is 6.21 Å². The lowest BCUT2D eigenvalue weighted by Gasteiger charge is -2.06. The van der Waals surface area contributed by atoms with Crippen molar-refractivity contribution in [3.63, 3.8) is 0 Å². The molecule has 0 spiro atoms. The van der Waals surface area contributed by atoms with Crippen molar-refractivity contribution in [2.24, 2.45) is 5.10 Å². The van der Waals surface area contributed by atoms with Crippen LogP contribution in [0.15, 0.2) is 90.0 Å². The summed E-state index contributed by atoms with van der Waals surface area (Å²) >= 11 is 6.05. The van der Waals surface area contributed by atoms with Gasteiger partial charge in [0.05, 0.1) is 0 Å². The molecule has 28 heavy (non-hydrogen) atoms. The van der Waals surface area contributed by atoms with Gasteiger partial charge in [0.2, 0.25) is 0 Å². The van der Waals surface area contributed by atoms with Crippen LogP contribution in [0.25, 0.3) is 17.2 Å². The van der Waals surface area contributed by atoms with Crippen LogP contribution in [0.3, 0.4) is 0 Å². The number of nitrogens with one attached hydrogen (secondary N) is 1. The zero-order chi connectivity index (χ0) is 19.6. The fourth-order valence-electron chi connectivity index (χ4n) is 2.46. The molecule has 3 aromatic carbocycles. The van der Waals surface area contributed by atoms with Gasteiger partial charge in [-0.1, -0.05) is 78.3 Å². The summed E-state index contributed by atoms with van der Waals surface area (Å²) in [6, 6.07) is 25.1. The molecule has 0 saturated heterocycles. The van der Waals surface area contributed by atoms with Gasteiger partial charge in [-0.15, -0.1) is 0 Å². The van der Waals surface area contributed by atoms with Gasteiger partial charge in [0.15, 0.2) is 6.61 Å². The minimum Gasteiger partial charge on any atom is -0.484 e. The highest BCUT2D eigenvalue weighted by molar-refractivity contribution is 6.32. The Kier molecular flexibility index (Phi) is 6.99. The highest BCUT2D eigenvalue weighted by Crippen LogP contribution is 2.22. The molecule has 0 fully saturated rings. The molecule has 0 unspecified atom stereocenters. The normalized spacial score (nSPS) is 11.0. The van der Waals surface area contributed by atoms with Crippen LogP contribution < -0.4 is 10.2 Å². The molecular formula is C23H19ClN2O2. The van der Waals surface area contributed by atoms with Gasteiger partial charge in [0.1, 0.15) is 5.75 Å². The Balaban J connectivity index is 1.43. The fraction of sp³-hybridized carbons (Fsp3) is 0.0435. The summed E-state index contributed by atoms with van der Waals surface area (Å²) in [7, 11) is 0. The molecule has 0 aliphatic carbocycles. The highest BCUT2D eigenvalue weighted by atomic mass is 35.5. The maximum Gasteiger partial charge on any atom is 0.277 e. The third-order valence-corrected chi connectivity index (χ3v) is 4.21. The van der Waals surface area contributed by atoms with E-state index in [0.29, 0.717) is 10.8 Å². The lowest BCUT2D eigenvalue weighted by Crippen LogP contribution is -2.24. The number of nitrogens with zero attached hydrogens (tertiary/aromatic N) is 1. The fourth-order valence-corrected chi connectivity index (χ4v) is 2.66. The summed E-state index contributed by atoms with van der Waals surface area (Å²) in [6.45, 7) is -0.115. The van der Waals surface area contributed by atoms with E-state index in [9.17, 15) is 4.79 Å². The maximum atomic E-state index is 11.8. The molecular weight excluding hydrogens is 372 g/mol. The summed E-state index contributed by atoms with van der Waals surface area (Å²) in [5.74, 6) is 0.284. The number of carbonyl (C=O) groups excluding carboxylic acids is 1. The number of benzene rings is 3. The second-order valence-electron chi connectivity index (χ2n) is 5.87. The molecule has 0 atom stereocenters. The average Bonchev–Trinajstić information content (AvgIpc) is 2.74. The lowest BCUT2D eigenvalue weighted by molar-refractivity contribution is -0.123. The summed E-state index contributed by atoms with van der Waals surface area (Å²) in [5, 5.41) is 4.50. The molecule has 140 valence electrons. The topological polar surface area (TPSA) is 50.7 Å². The minimum atomic E-state index is -0.338. The number of halogens is 1. The van der Waals surface area contributed by atoms with Gasteiger partial charge >= 0.3 is 0 Å². The Bertz CT molecular complexity index is 967. The zero-order valence-electron chi connectivity index (χ0n) is 15.1. The number of rotatable bonds is 7. The van der Waals surface area contributed by atoms with E-state index in [1.54, 1.807) is 6.08 Å². The van der Waals surface area contributed by atoms with Gasteiger partial charge in [-0.05, 0) is 41.0 Å². The van der Waals surface area contributed by atoms with E-state index in [-0.39, 0.29) is 12.5 Å². The number of carbonyl (C=O) groups is 1. The van der Waals surface area contributed by atoms with E-state index < -0.39 is 0 Å². The van der Waals surface area contributed by atoms with E-state index in [2.05, 4.69) is 10.5 Å². The van der Waals surface area contributed by atoms with Gasteiger partial charge in [-0.2, -0.15) is 5.10 Å². The Morgan fingerprint density at radius 2 is 1.61 bits per heavy atom. The van der Waals surface area contributed by atoms with Crippen LogP contribution in [0.5, 0.6) is 5.75 Å². The van der Waals surface area contributed by atoms with E-state index in [4.69, 9.17) is 16.3 Å². The van der Waals surface area contributed by atoms with Crippen LogP contribution in [0.1, 0.15) is 5.56 Å². The van der Waals surface area contributed by atoms with Crippen molar-refractivity contribution in [2.45, 2.75) is 0 Å². The number of ether oxygens (including phenoxy) is 1. The molecule has 5 heteroatoms. The second kappa shape index (κ2) is 10.1. The number of amides is 1. The molecule has 3 aromatic rings. The SMILES string of the molecule is O=C(COc1ccc(-c2ccccc2)cc1)N/N=C/C=C/c1ccccc1Cl. The van der Waals surface area contributed by atoms with Crippen molar-refractivity contribution in [2.75, 3.05) is 6.61 Å². The molecule has 3 rings (SSSR count). The molecule has 0 heterocycles. The number of hydrogen-bond acceptors (Lipinski definition) is 3. The van der Waals surface area contributed by atoms with Gasteiger partial charge in [0.25, 0.3) is 5.91 Å². The van der Waals surface area contributed by atoms with Crippen molar-refractivity contribution < 1.29 is 9.53 Å². The monoisotopic (exact) mass is 390 g/mol. The third-order valence-electron chi connectivity index (χ3n) is 3.86. The lowest BCUT2D eigenvalue weighted by atomic mass is 10.1. The van der Waals surface area contributed by atoms with Crippen LogP contribution in [-0.4, -0.2) is 18.7 Å². The van der Waals surface area contributed by atoms with Gasteiger partial charge in [-0.25, -0.2) is 5.43 Å². The Labute approximate surface area is 169 Å². The van der Waals surface area contributed by atoms with Crippen molar-refractivity contribution in [1.82, 2.24) is 5.43 Å². The zero-order valence-corrected chi connectivity index (χ0v) is 15.8.